The van der Waals surface area contributed by atoms with Crippen molar-refractivity contribution in [3.8, 4) is 0 Å². The lowest BCUT2D eigenvalue weighted by Crippen LogP contribution is -2.21. The molecule has 0 aromatic rings. The fourth-order valence-electron chi connectivity index (χ4n) is 1.82. The molecule has 0 atom stereocenters. The molecule has 0 aliphatic heterocycles. The molecule has 0 saturated heterocycles. The lowest BCUT2D eigenvalue weighted by Gasteiger charge is -2.24. The maximum absolute atomic E-state index is 10.5. The molecule has 0 heterocycles. The first-order chi connectivity index (χ1) is 6.36. The molecule has 1 fully saturated rings. The monoisotopic (exact) mass is 185 g/mol. The zero-order valence-electron chi connectivity index (χ0n) is 8.08. The summed E-state index contributed by atoms with van der Waals surface area (Å²) in [7, 11) is 0. The minimum Gasteiger partial charge on any atom is -0.380 e. The predicted molar refractivity (Wildman–Crippen MR) is 51.4 cm³/mol. The number of carbonyl (C=O) groups is 1. The van der Waals surface area contributed by atoms with Crippen LogP contribution in [-0.2, 0) is 9.53 Å². The standard InChI is InChI=1S/C10H19NO2/c11-5-6-13-8-10-3-1-9(7-12)2-4-10/h7,9-10H,1-6,8,11H2. The van der Waals surface area contributed by atoms with Gasteiger partial charge in [0.2, 0.25) is 0 Å². The van der Waals surface area contributed by atoms with Crippen molar-refractivity contribution in [2.75, 3.05) is 19.8 Å². The molecule has 3 nitrogen and oxygen atoms in total. The molecule has 1 aliphatic rings. The van der Waals surface area contributed by atoms with Gasteiger partial charge < -0.3 is 15.3 Å². The third kappa shape index (κ3) is 3.87. The highest BCUT2D eigenvalue weighted by atomic mass is 16.5. The lowest BCUT2D eigenvalue weighted by molar-refractivity contribution is -0.112. The number of aldehydes is 1. The Morgan fingerprint density at radius 1 is 1.31 bits per heavy atom. The Morgan fingerprint density at radius 2 is 2.00 bits per heavy atom. The fourth-order valence-corrected chi connectivity index (χ4v) is 1.82. The van der Waals surface area contributed by atoms with Crippen LogP contribution in [0.2, 0.25) is 0 Å². The van der Waals surface area contributed by atoms with E-state index in [1.807, 2.05) is 0 Å². The van der Waals surface area contributed by atoms with Crippen LogP contribution in [0.15, 0.2) is 0 Å². The Bertz CT molecular complexity index is 142. The summed E-state index contributed by atoms with van der Waals surface area (Å²) in [6.45, 7) is 2.08. The largest absolute Gasteiger partial charge is 0.380 e. The summed E-state index contributed by atoms with van der Waals surface area (Å²) in [5.74, 6) is 0.966. The molecule has 2 N–H and O–H groups in total. The smallest absolute Gasteiger partial charge is 0.123 e. The van der Waals surface area contributed by atoms with E-state index >= 15 is 0 Å². The van der Waals surface area contributed by atoms with Gasteiger partial charge in [0.15, 0.2) is 0 Å². The van der Waals surface area contributed by atoms with Crippen LogP contribution in [0.5, 0.6) is 0 Å². The van der Waals surface area contributed by atoms with Crippen LogP contribution in [0, 0.1) is 11.8 Å². The van der Waals surface area contributed by atoms with E-state index in [0.717, 1.165) is 38.6 Å². The number of hydrogen-bond donors (Lipinski definition) is 1. The molecular formula is C10H19NO2. The molecule has 3 heteroatoms. The van der Waals surface area contributed by atoms with Crippen molar-refractivity contribution in [2.24, 2.45) is 17.6 Å². The topological polar surface area (TPSA) is 52.3 Å². The van der Waals surface area contributed by atoms with E-state index in [1.54, 1.807) is 0 Å². The Balaban J connectivity index is 2.07. The van der Waals surface area contributed by atoms with Gasteiger partial charge in [-0.05, 0) is 31.6 Å². The Hall–Kier alpha value is -0.410. The number of carbonyl (C=O) groups excluding carboxylic acids is 1. The Labute approximate surface area is 79.6 Å². The zero-order valence-corrected chi connectivity index (χ0v) is 8.08. The van der Waals surface area contributed by atoms with E-state index in [1.165, 1.54) is 0 Å². The molecule has 1 aliphatic carbocycles. The van der Waals surface area contributed by atoms with E-state index in [0.29, 0.717) is 25.0 Å². The molecular weight excluding hydrogens is 166 g/mol. The van der Waals surface area contributed by atoms with Crippen LogP contribution >= 0.6 is 0 Å². The third-order valence-corrected chi connectivity index (χ3v) is 2.70. The van der Waals surface area contributed by atoms with Crippen molar-refractivity contribution in [3.05, 3.63) is 0 Å². The van der Waals surface area contributed by atoms with Gasteiger partial charge in [-0.25, -0.2) is 0 Å². The summed E-state index contributed by atoms with van der Waals surface area (Å²) in [5, 5.41) is 0. The highest BCUT2D eigenvalue weighted by Crippen LogP contribution is 2.27. The molecule has 0 aromatic heterocycles. The van der Waals surface area contributed by atoms with Crippen LogP contribution in [-0.4, -0.2) is 26.0 Å². The van der Waals surface area contributed by atoms with Gasteiger partial charge in [-0.1, -0.05) is 0 Å². The minimum absolute atomic E-state index is 0.311. The first kappa shape index (κ1) is 10.7. The zero-order chi connectivity index (χ0) is 9.52. The van der Waals surface area contributed by atoms with Gasteiger partial charge in [-0.2, -0.15) is 0 Å². The van der Waals surface area contributed by atoms with E-state index in [9.17, 15) is 4.79 Å². The molecule has 0 aromatic carbocycles. The van der Waals surface area contributed by atoms with Gasteiger partial charge in [0.05, 0.1) is 6.61 Å². The second-order valence-electron chi connectivity index (χ2n) is 3.78. The number of hydrogen-bond acceptors (Lipinski definition) is 3. The first-order valence-corrected chi connectivity index (χ1v) is 5.10. The van der Waals surface area contributed by atoms with Crippen molar-refractivity contribution in [1.82, 2.24) is 0 Å². The van der Waals surface area contributed by atoms with Crippen molar-refractivity contribution in [1.29, 1.82) is 0 Å². The summed E-state index contributed by atoms with van der Waals surface area (Å²) in [5.41, 5.74) is 5.32. The minimum atomic E-state index is 0.311. The fraction of sp³-hybridized carbons (Fsp3) is 0.900. The average molecular weight is 185 g/mol. The second kappa shape index (κ2) is 6.11. The maximum atomic E-state index is 10.5. The van der Waals surface area contributed by atoms with Gasteiger partial charge in [0, 0.05) is 19.1 Å². The van der Waals surface area contributed by atoms with Gasteiger partial charge in [0.1, 0.15) is 6.29 Å². The second-order valence-corrected chi connectivity index (χ2v) is 3.78. The molecule has 1 saturated carbocycles. The average Bonchev–Trinajstić information content (AvgIpc) is 2.19. The quantitative estimate of drug-likeness (QED) is 0.513. The summed E-state index contributed by atoms with van der Waals surface area (Å²) in [6, 6.07) is 0. The van der Waals surface area contributed by atoms with Crippen LogP contribution in [0.25, 0.3) is 0 Å². The molecule has 1 rings (SSSR count). The molecule has 13 heavy (non-hydrogen) atoms. The summed E-state index contributed by atoms with van der Waals surface area (Å²) >= 11 is 0. The Kier molecular flexibility index (Phi) is 5.01. The Morgan fingerprint density at radius 3 is 2.54 bits per heavy atom. The first-order valence-electron chi connectivity index (χ1n) is 5.10. The number of nitrogens with two attached hydrogens (primary N) is 1. The van der Waals surface area contributed by atoms with Crippen LogP contribution < -0.4 is 5.73 Å². The van der Waals surface area contributed by atoms with Crippen LogP contribution in [0.4, 0.5) is 0 Å². The molecule has 0 spiro atoms. The maximum Gasteiger partial charge on any atom is 0.123 e. The van der Waals surface area contributed by atoms with Crippen LogP contribution in [0.3, 0.4) is 0 Å². The van der Waals surface area contributed by atoms with Gasteiger partial charge in [-0.3, -0.25) is 0 Å². The highest BCUT2D eigenvalue weighted by Gasteiger charge is 2.20. The van der Waals surface area contributed by atoms with Gasteiger partial charge >= 0.3 is 0 Å². The highest BCUT2D eigenvalue weighted by molar-refractivity contribution is 5.53. The van der Waals surface area contributed by atoms with Crippen molar-refractivity contribution < 1.29 is 9.53 Å². The number of rotatable bonds is 5. The predicted octanol–water partition coefficient (Wildman–Crippen LogP) is 0.967. The normalized spacial score (nSPS) is 28.7. The molecule has 0 bridgehead atoms. The summed E-state index contributed by atoms with van der Waals surface area (Å²) < 4.78 is 5.38. The van der Waals surface area contributed by atoms with Crippen LogP contribution in [0.1, 0.15) is 25.7 Å². The third-order valence-electron chi connectivity index (χ3n) is 2.70. The molecule has 0 radical (unpaired) electrons. The van der Waals surface area contributed by atoms with E-state index < -0.39 is 0 Å². The van der Waals surface area contributed by atoms with Crippen molar-refractivity contribution in [2.45, 2.75) is 25.7 Å². The van der Waals surface area contributed by atoms with E-state index in [2.05, 4.69) is 0 Å². The van der Waals surface area contributed by atoms with Crippen molar-refractivity contribution in [3.63, 3.8) is 0 Å². The van der Waals surface area contributed by atoms with E-state index in [-0.39, 0.29) is 0 Å². The van der Waals surface area contributed by atoms with Crippen molar-refractivity contribution >= 4 is 6.29 Å². The summed E-state index contributed by atoms with van der Waals surface area (Å²) in [4.78, 5) is 10.5. The number of ether oxygens (including phenoxy) is 1. The summed E-state index contributed by atoms with van der Waals surface area (Å²) in [6.07, 6.45) is 5.44. The lowest BCUT2D eigenvalue weighted by atomic mass is 9.83. The SMILES string of the molecule is NCCOCC1CCC(C=O)CC1. The molecule has 76 valence electrons. The van der Waals surface area contributed by atoms with E-state index in [4.69, 9.17) is 10.5 Å². The van der Waals surface area contributed by atoms with Gasteiger partial charge in [0.25, 0.3) is 0 Å². The molecule has 0 amide bonds. The molecule has 0 unspecified atom stereocenters. The van der Waals surface area contributed by atoms with Gasteiger partial charge in [-0.15, -0.1) is 0 Å².